The molecule has 1 aromatic rings. The normalized spacial score (nSPS) is 26.2. The van der Waals surface area contributed by atoms with Crippen LogP contribution in [0.15, 0.2) is 24.3 Å². The Labute approximate surface area is 181 Å². The van der Waals surface area contributed by atoms with Gasteiger partial charge < -0.3 is 15.3 Å². The van der Waals surface area contributed by atoms with Crippen molar-refractivity contribution in [1.29, 1.82) is 0 Å². The zero-order chi connectivity index (χ0) is 21.7. The Morgan fingerprint density at radius 1 is 1.13 bits per heavy atom. The van der Waals surface area contributed by atoms with E-state index in [0.29, 0.717) is 12.3 Å². The quantitative estimate of drug-likeness (QED) is 0.715. The van der Waals surface area contributed by atoms with Gasteiger partial charge in [0.25, 0.3) is 0 Å². The average Bonchev–Trinajstić information content (AvgIpc) is 2.72. The number of carbonyl (C=O) groups is 2. The molecule has 1 aliphatic carbocycles. The van der Waals surface area contributed by atoms with Gasteiger partial charge in [-0.3, -0.25) is 9.59 Å². The summed E-state index contributed by atoms with van der Waals surface area (Å²) in [7, 11) is 0. The molecular formula is C25H38N2O3. The third kappa shape index (κ3) is 5.35. The largest absolute Gasteiger partial charge is 0.508 e. The molecule has 2 amide bonds. The van der Waals surface area contributed by atoms with E-state index in [0.717, 1.165) is 58.0 Å². The van der Waals surface area contributed by atoms with Gasteiger partial charge in [0, 0.05) is 25.6 Å². The fourth-order valence-electron chi connectivity index (χ4n) is 5.32. The number of hydrogen-bond acceptors (Lipinski definition) is 3. The number of unbranched alkanes of at least 4 members (excludes halogenated alkanes) is 1. The topological polar surface area (TPSA) is 69.6 Å². The minimum Gasteiger partial charge on any atom is -0.508 e. The molecule has 0 radical (unpaired) electrons. The molecule has 1 aliphatic heterocycles. The van der Waals surface area contributed by atoms with Gasteiger partial charge in [0.15, 0.2) is 0 Å². The minimum atomic E-state index is -0.0923. The molecule has 166 valence electrons. The molecule has 0 bridgehead atoms. The lowest BCUT2D eigenvalue weighted by atomic mass is 9.70. The molecule has 30 heavy (non-hydrogen) atoms. The van der Waals surface area contributed by atoms with Crippen LogP contribution >= 0.6 is 0 Å². The SMILES string of the molecule is CCCCC(=O)NC1CCCCC1C(=O)N1CCC(c2ccc(O)cc2)C(C)(C)C1. The zero-order valence-electron chi connectivity index (χ0n) is 18.8. The van der Waals surface area contributed by atoms with Crippen LogP contribution in [0.2, 0.25) is 0 Å². The zero-order valence-corrected chi connectivity index (χ0v) is 18.8. The molecule has 1 heterocycles. The Morgan fingerprint density at radius 3 is 2.50 bits per heavy atom. The maximum Gasteiger partial charge on any atom is 0.227 e. The van der Waals surface area contributed by atoms with E-state index >= 15 is 0 Å². The van der Waals surface area contributed by atoms with Crippen molar-refractivity contribution in [3.05, 3.63) is 29.8 Å². The van der Waals surface area contributed by atoms with E-state index in [2.05, 4.69) is 26.1 Å². The van der Waals surface area contributed by atoms with Gasteiger partial charge in [0.05, 0.1) is 5.92 Å². The second-order valence-electron chi connectivity index (χ2n) is 9.85. The van der Waals surface area contributed by atoms with E-state index < -0.39 is 0 Å². The van der Waals surface area contributed by atoms with Gasteiger partial charge in [-0.05, 0) is 54.7 Å². The number of nitrogens with one attached hydrogen (secondary N) is 1. The Morgan fingerprint density at radius 2 is 1.83 bits per heavy atom. The molecule has 3 rings (SSSR count). The lowest BCUT2D eigenvalue weighted by molar-refractivity contribution is -0.141. The molecule has 5 nitrogen and oxygen atoms in total. The molecule has 2 aliphatic rings. The molecule has 5 heteroatoms. The van der Waals surface area contributed by atoms with Crippen LogP contribution in [0.3, 0.4) is 0 Å². The lowest BCUT2D eigenvalue weighted by Gasteiger charge is -2.46. The first-order chi connectivity index (χ1) is 14.3. The number of nitrogens with zero attached hydrogens (tertiary/aromatic N) is 1. The number of likely N-dealkylation sites (tertiary alicyclic amines) is 1. The Hall–Kier alpha value is -2.04. The maximum absolute atomic E-state index is 13.5. The maximum atomic E-state index is 13.5. The van der Waals surface area contributed by atoms with Crippen LogP contribution in [0.5, 0.6) is 5.75 Å². The number of rotatable bonds is 6. The molecular weight excluding hydrogens is 376 g/mol. The van der Waals surface area contributed by atoms with Crippen molar-refractivity contribution in [2.24, 2.45) is 11.3 Å². The average molecular weight is 415 g/mol. The Balaban J connectivity index is 1.65. The van der Waals surface area contributed by atoms with Crippen LogP contribution in [0.4, 0.5) is 0 Å². The Bertz CT molecular complexity index is 728. The number of hydrogen-bond donors (Lipinski definition) is 2. The first-order valence-electron chi connectivity index (χ1n) is 11.7. The van der Waals surface area contributed by atoms with Crippen LogP contribution in [0, 0.1) is 11.3 Å². The highest BCUT2D eigenvalue weighted by atomic mass is 16.3. The molecule has 1 aromatic carbocycles. The molecule has 0 aromatic heterocycles. The van der Waals surface area contributed by atoms with Gasteiger partial charge in [0.1, 0.15) is 5.75 Å². The first kappa shape index (κ1) is 22.6. The second kappa shape index (κ2) is 9.84. The Kier molecular flexibility index (Phi) is 7.43. The molecule has 3 unspecified atom stereocenters. The van der Waals surface area contributed by atoms with E-state index in [1.54, 1.807) is 12.1 Å². The smallest absolute Gasteiger partial charge is 0.227 e. The fourth-order valence-corrected chi connectivity index (χ4v) is 5.32. The summed E-state index contributed by atoms with van der Waals surface area (Å²) >= 11 is 0. The van der Waals surface area contributed by atoms with Crippen molar-refractivity contribution in [2.75, 3.05) is 13.1 Å². The summed E-state index contributed by atoms with van der Waals surface area (Å²) < 4.78 is 0. The van der Waals surface area contributed by atoms with Crippen molar-refractivity contribution in [1.82, 2.24) is 10.2 Å². The van der Waals surface area contributed by atoms with E-state index in [-0.39, 0.29) is 34.9 Å². The monoisotopic (exact) mass is 414 g/mol. The van der Waals surface area contributed by atoms with Gasteiger partial charge in [-0.1, -0.05) is 52.2 Å². The number of aromatic hydroxyl groups is 1. The van der Waals surface area contributed by atoms with E-state index in [1.165, 1.54) is 5.56 Å². The van der Waals surface area contributed by atoms with Crippen LogP contribution < -0.4 is 5.32 Å². The van der Waals surface area contributed by atoms with Gasteiger partial charge in [-0.25, -0.2) is 0 Å². The first-order valence-corrected chi connectivity index (χ1v) is 11.7. The van der Waals surface area contributed by atoms with Crippen molar-refractivity contribution in [2.45, 2.75) is 84.1 Å². The summed E-state index contributed by atoms with van der Waals surface area (Å²) in [5, 5.41) is 12.8. The highest BCUT2D eigenvalue weighted by molar-refractivity contribution is 5.82. The molecule has 0 spiro atoms. The molecule has 1 saturated heterocycles. The summed E-state index contributed by atoms with van der Waals surface area (Å²) in [5.41, 5.74) is 1.18. The van der Waals surface area contributed by atoms with E-state index in [4.69, 9.17) is 0 Å². The minimum absolute atomic E-state index is 0.0199. The molecule has 2 fully saturated rings. The van der Waals surface area contributed by atoms with Crippen molar-refractivity contribution < 1.29 is 14.7 Å². The second-order valence-corrected chi connectivity index (χ2v) is 9.85. The van der Waals surface area contributed by atoms with Gasteiger partial charge in [0.2, 0.25) is 11.8 Å². The van der Waals surface area contributed by atoms with E-state index in [9.17, 15) is 14.7 Å². The molecule has 1 saturated carbocycles. The van der Waals surface area contributed by atoms with Gasteiger partial charge in [-0.2, -0.15) is 0 Å². The third-order valence-electron chi connectivity index (χ3n) is 7.02. The van der Waals surface area contributed by atoms with Crippen molar-refractivity contribution in [3.8, 4) is 5.75 Å². The van der Waals surface area contributed by atoms with Crippen molar-refractivity contribution >= 4 is 11.8 Å². The summed E-state index contributed by atoms with van der Waals surface area (Å²) in [5.74, 6) is 0.859. The van der Waals surface area contributed by atoms with Crippen LogP contribution in [0.25, 0.3) is 0 Å². The number of benzene rings is 1. The molecule has 3 atom stereocenters. The summed E-state index contributed by atoms with van der Waals surface area (Å²) in [4.78, 5) is 27.8. The lowest BCUT2D eigenvalue weighted by Crippen LogP contribution is -2.54. The molecule has 2 N–H and O–H groups in total. The number of carbonyl (C=O) groups excluding carboxylic acids is 2. The predicted octanol–water partition coefficient (Wildman–Crippen LogP) is 4.60. The van der Waals surface area contributed by atoms with E-state index in [1.807, 2.05) is 17.0 Å². The fraction of sp³-hybridized carbons (Fsp3) is 0.680. The van der Waals surface area contributed by atoms with Crippen LogP contribution in [-0.4, -0.2) is 41.0 Å². The third-order valence-corrected chi connectivity index (χ3v) is 7.02. The number of phenols is 1. The van der Waals surface area contributed by atoms with Crippen molar-refractivity contribution in [3.63, 3.8) is 0 Å². The number of phenolic OH excluding ortho intramolecular Hbond substituents is 1. The standard InChI is InChI=1S/C25H38N2O3/c1-4-5-10-23(29)26-22-9-7-6-8-20(22)24(30)27-16-15-21(25(2,3)17-27)18-11-13-19(28)14-12-18/h11-14,20-22,28H,4-10,15-17H2,1-3H3,(H,26,29). The number of amides is 2. The van der Waals surface area contributed by atoms with Gasteiger partial charge >= 0.3 is 0 Å². The summed E-state index contributed by atoms with van der Waals surface area (Å²) in [6.07, 6.45) is 7.30. The van der Waals surface area contributed by atoms with Gasteiger partial charge in [-0.15, -0.1) is 0 Å². The summed E-state index contributed by atoms with van der Waals surface area (Å²) in [6.45, 7) is 8.03. The van der Waals surface area contributed by atoms with Crippen LogP contribution in [0.1, 0.15) is 83.6 Å². The summed E-state index contributed by atoms with van der Waals surface area (Å²) in [6, 6.07) is 7.48. The highest BCUT2D eigenvalue weighted by Gasteiger charge is 2.41. The van der Waals surface area contributed by atoms with Crippen LogP contribution in [-0.2, 0) is 9.59 Å². The highest BCUT2D eigenvalue weighted by Crippen LogP contribution is 2.43. The number of piperidine rings is 1. The predicted molar refractivity (Wildman–Crippen MR) is 119 cm³/mol.